The van der Waals surface area contributed by atoms with Crippen molar-refractivity contribution in [2.24, 2.45) is 0 Å². The number of carbonyl (C=O) groups is 3. The summed E-state index contributed by atoms with van der Waals surface area (Å²) in [5.41, 5.74) is 0. The summed E-state index contributed by atoms with van der Waals surface area (Å²) in [4.78, 5) is 38.1. The predicted molar refractivity (Wildman–Crippen MR) is 334 cm³/mol. The molecule has 0 spiro atoms. The van der Waals surface area contributed by atoms with Gasteiger partial charge >= 0.3 is 17.9 Å². The van der Waals surface area contributed by atoms with Gasteiger partial charge in [0.1, 0.15) is 13.2 Å². The van der Waals surface area contributed by atoms with Crippen molar-refractivity contribution in [1.82, 2.24) is 0 Å². The highest BCUT2D eigenvalue weighted by molar-refractivity contribution is 5.71. The molecule has 0 bridgehead atoms. The number of allylic oxidation sites excluding steroid dienone is 16. The molecule has 0 aromatic heterocycles. The Balaban J connectivity index is 4.18. The molecule has 0 aliphatic rings. The van der Waals surface area contributed by atoms with E-state index in [4.69, 9.17) is 14.2 Å². The first-order valence-electron chi connectivity index (χ1n) is 32.7. The summed E-state index contributed by atoms with van der Waals surface area (Å²) in [7, 11) is 0. The van der Waals surface area contributed by atoms with E-state index in [1.54, 1.807) is 0 Å². The summed E-state index contributed by atoms with van der Waals surface area (Å²) < 4.78 is 16.8. The summed E-state index contributed by atoms with van der Waals surface area (Å²) in [6.45, 7) is 6.49. The Labute approximate surface area is 477 Å². The van der Waals surface area contributed by atoms with Gasteiger partial charge < -0.3 is 14.2 Å². The van der Waals surface area contributed by atoms with E-state index in [9.17, 15) is 14.4 Å². The number of ether oxygens (including phenoxy) is 3. The molecule has 0 radical (unpaired) electrons. The molecule has 0 aliphatic carbocycles. The minimum Gasteiger partial charge on any atom is -0.462 e. The Morgan fingerprint density at radius 2 is 0.506 bits per heavy atom. The Kier molecular flexibility index (Phi) is 61.8. The minimum absolute atomic E-state index is 0.0821. The zero-order valence-electron chi connectivity index (χ0n) is 50.7. The second-order valence-corrected chi connectivity index (χ2v) is 21.6. The van der Waals surface area contributed by atoms with Gasteiger partial charge in [-0.1, -0.05) is 291 Å². The van der Waals surface area contributed by atoms with Gasteiger partial charge in [0.15, 0.2) is 6.10 Å². The monoisotopic (exact) mass is 1070 g/mol. The second kappa shape index (κ2) is 64.9. The van der Waals surface area contributed by atoms with Crippen molar-refractivity contribution >= 4 is 17.9 Å². The highest BCUT2D eigenvalue weighted by Gasteiger charge is 2.19. The van der Waals surface area contributed by atoms with E-state index in [0.717, 1.165) is 122 Å². The van der Waals surface area contributed by atoms with Gasteiger partial charge in [-0.25, -0.2) is 0 Å². The van der Waals surface area contributed by atoms with Crippen molar-refractivity contribution in [3.63, 3.8) is 0 Å². The molecule has 6 heteroatoms. The molecule has 442 valence electrons. The molecule has 0 aliphatic heterocycles. The Bertz CT molecular complexity index is 1510. The summed E-state index contributed by atoms with van der Waals surface area (Å²) in [5.74, 6) is -0.900. The highest BCUT2D eigenvalue weighted by atomic mass is 16.6. The highest BCUT2D eigenvalue weighted by Crippen LogP contribution is 2.16. The molecule has 0 heterocycles. The average molecular weight is 1070 g/mol. The number of carbonyl (C=O) groups excluding carboxylic acids is 3. The molecule has 1 unspecified atom stereocenters. The van der Waals surface area contributed by atoms with Crippen molar-refractivity contribution in [3.8, 4) is 0 Å². The quantitative estimate of drug-likeness (QED) is 0.0261. The normalized spacial score (nSPS) is 12.7. The molecule has 0 fully saturated rings. The van der Waals surface area contributed by atoms with Gasteiger partial charge in [0.2, 0.25) is 0 Å². The largest absolute Gasteiger partial charge is 0.462 e. The van der Waals surface area contributed by atoms with E-state index >= 15 is 0 Å². The van der Waals surface area contributed by atoms with E-state index in [2.05, 4.69) is 118 Å². The van der Waals surface area contributed by atoms with Crippen LogP contribution in [0.25, 0.3) is 0 Å². The van der Waals surface area contributed by atoms with Crippen molar-refractivity contribution in [2.45, 2.75) is 322 Å². The molecule has 1 atom stereocenters. The van der Waals surface area contributed by atoms with Crippen LogP contribution in [0.1, 0.15) is 316 Å². The summed E-state index contributed by atoms with van der Waals surface area (Å²) in [6, 6.07) is 0. The molecule has 0 saturated heterocycles. The number of hydrogen-bond acceptors (Lipinski definition) is 6. The Morgan fingerprint density at radius 1 is 0.273 bits per heavy atom. The first kappa shape index (κ1) is 73.3. The lowest BCUT2D eigenvalue weighted by molar-refractivity contribution is -0.167. The third-order valence-corrected chi connectivity index (χ3v) is 14.1. The Hall–Kier alpha value is -3.67. The smallest absolute Gasteiger partial charge is 0.306 e. The van der Waals surface area contributed by atoms with Gasteiger partial charge in [-0.2, -0.15) is 0 Å². The van der Waals surface area contributed by atoms with E-state index in [1.165, 1.54) is 154 Å². The van der Waals surface area contributed by atoms with E-state index in [-0.39, 0.29) is 31.1 Å². The van der Waals surface area contributed by atoms with Crippen LogP contribution in [0, 0.1) is 0 Å². The van der Waals surface area contributed by atoms with Crippen LogP contribution in [0.3, 0.4) is 0 Å². The van der Waals surface area contributed by atoms with E-state index in [1.807, 2.05) is 0 Å². The number of hydrogen-bond donors (Lipinski definition) is 0. The Morgan fingerprint density at radius 3 is 0.805 bits per heavy atom. The van der Waals surface area contributed by atoms with E-state index in [0.29, 0.717) is 19.3 Å². The number of unbranched alkanes of at least 4 members (excludes halogenated alkanes) is 32. The lowest BCUT2D eigenvalue weighted by atomic mass is 10.0. The summed E-state index contributed by atoms with van der Waals surface area (Å²) >= 11 is 0. The zero-order valence-corrected chi connectivity index (χ0v) is 50.7. The molecule has 0 rings (SSSR count). The summed E-state index contributed by atoms with van der Waals surface area (Å²) in [6.07, 6.45) is 87.3. The summed E-state index contributed by atoms with van der Waals surface area (Å²) in [5, 5.41) is 0. The third kappa shape index (κ3) is 63.0. The van der Waals surface area contributed by atoms with Crippen LogP contribution in [0.5, 0.6) is 0 Å². The van der Waals surface area contributed by atoms with Gasteiger partial charge in [-0.3, -0.25) is 14.4 Å². The minimum atomic E-state index is -0.784. The number of esters is 3. The maximum atomic E-state index is 12.9. The lowest BCUT2D eigenvalue weighted by Gasteiger charge is -2.18. The predicted octanol–water partition coefficient (Wildman–Crippen LogP) is 22.4. The molecule has 77 heavy (non-hydrogen) atoms. The molecule has 0 amide bonds. The van der Waals surface area contributed by atoms with Crippen LogP contribution >= 0.6 is 0 Å². The standard InChI is InChI=1S/C71H122O6/c1-4-7-10-13-16-18-20-22-24-26-28-30-32-34-35-37-38-40-42-44-46-48-50-52-55-58-61-64-70(73)76-67-68(66-75-69(72)63-60-57-54-15-12-9-6-3)77-71(74)65-62-59-56-53-51-49-47-45-43-41-39-36-33-31-29-27-25-23-21-19-17-14-11-8-5-2/h7,10,16,18,22,24,27-30,34-35,38,40,44,46,68H,4-6,8-9,11-15,17,19-21,23,25-26,31-33,36-37,39,41-43,45,47-67H2,1-3H3/b10-7-,18-16-,24-22-,29-27-,30-28-,35-34-,40-38-,46-44-. The average Bonchev–Trinajstić information content (AvgIpc) is 3.43. The molecule has 0 aromatic rings. The third-order valence-electron chi connectivity index (χ3n) is 14.1. The molecule has 6 nitrogen and oxygen atoms in total. The molecule has 0 N–H and O–H groups in total. The van der Waals surface area contributed by atoms with E-state index < -0.39 is 6.10 Å². The van der Waals surface area contributed by atoms with Gasteiger partial charge in [0.05, 0.1) is 0 Å². The van der Waals surface area contributed by atoms with Crippen LogP contribution in [-0.4, -0.2) is 37.2 Å². The molecular formula is C71H122O6. The van der Waals surface area contributed by atoms with Gasteiger partial charge in [-0.15, -0.1) is 0 Å². The van der Waals surface area contributed by atoms with Crippen LogP contribution in [0.15, 0.2) is 97.2 Å². The maximum absolute atomic E-state index is 12.9. The lowest BCUT2D eigenvalue weighted by Crippen LogP contribution is -2.30. The van der Waals surface area contributed by atoms with Crippen LogP contribution < -0.4 is 0 Å². The zero-order chi connectivity index (χ0) is 55.7. The number of rotatable bonds is 59. The molecule has 0 aromatic carbocycles. The first-order chi connectivity index (χ1) is 38.0. The van der Waals surface area contributed by atoms with Crippen molar-refractivity contribution < 1.29 is 28.6 Å². The van der Waals surface area contributed by atoms with Crippen LogP contribution in [0.2, 0.25) is 0 Å². The fourth-order valence-corrected chi connectivity index (χ4v) is 9.18. The van der Waals surface area contributed by atoms with Crippen molar-refractivity contribution in [1.29, 1.82) is 0 Å². The SMILES string of the molecule is CC/C=C\C/C=C\C/C=C\C/C=C\C/C=C\C/C=C\C/C=C\CCCCCCCC(=O)OCC(COC(=O)CCCCCCCCC)OC(=O)CCCCCCCCCCCCCCC/C=C\CCCCCCCCCC. The van der Waals surface area contributed by atoms with Crippen LogP contribution in [-0.2, 0) is 28.6 Å². The van der Waals surface area contributed by atoms with Gasteiger partial charge in [0, 0.05) is 19.3 Å². The van der Waals surface area contributed by atoms with Crippen LogP contribution in [0.4, 0.5) is 0 Å². The fourth-order valence-electron chi connectivity index (χ4n) is 9.18. The fraction of sp³-hybridized carbons (Fsp3) is 0.732. The molecule has 0 saturated carbocycles. The van der Waals surface area contributed by atoms with Crippen molar-refractivity contribution in [3.05, 3.63) is 97.2 Å². The van der Waals surface area contributed by atoms with Crippen molar-refractivity contribution in [2.75, 3.05) is 13.2 Å². The molecular weight excluding hydrogens is 949 g/mol. The maximum Gasteiger partial charge on any atom is 0.306 e. The second-order valence-electron chi connectivity index (χ2n) is 21.6. The topological polar surface area (TPSA) is 78.9 Å². The van der Waals surface area contributed by atoms with Gasteiger partial charge in [0.25, 0.3) is 0 Å². The van der Waals surface area contributed by atoms with Gasteiger partial charge in [-0.05, 0) is 103 Å². The first-order valence-corrected chi connectivity index (χ1v) is 32.7.